The molecule has 7 nitrogen and oxygen atoms in total. The molecule has 0 aromatic heterocycles. The van der Waals surface area contributed by atoms with Gasteiger partial charge in [-0.05, 0) is 68.5 Å². The Morgan fingerprint density at radius 3 is 2.10 bits per heavy atom. The first-order valence-electron chi connectivity index (χ1n) is 13.8. The van der Waals surface area contributed by atoms with Crippen molar-refractivity contribution in [1.29, 1.82) is 0 Å². The fourth-order valence-electron chi connectivity index (χ4n) is 4.33. The van der Waals surface area contributed by atoms with Gasteiger partial charge in [0, 0.05) is 12.6 Å². The van der Waals surface area contributed by atoms with Crippen molar-refractivity contribution in [2.45, 2.75) is 77.4 Å². The fraction of sp³-hybridized carbons (Fsp3) is 0.375. The molecule has 40 heavy (non-hydrogen) atoms. The van der Waals surface area contributed by atoms with Crippen molar-refractivity contribution in [3.63, 3.8) is 0 Å². The smallest absolute Gasteiger partial charge is 0.264 e. The summed E-state index contributed by atoms with van der Waals surface area (Å²) in [7, 11) is -4.08. The zero-order valence-electron chi connectivity index (χ0n) is 24.3. The van der Waals surface area contributed by atoms with Crippen molar-refractivity contribution in [3.05, 3.63) is 95.6 Å². The van der Waals surface area contributed by atoms with Crippen molar-refractivity contribution >= 4 is 27.5 Å². The Labute approximate surface area is 239 Å². The summed E-state index contributed by atoms with van der Waals surface area (Å²) in [6.07, 6.45) is 0.750. The van der Waals surface area contributed by atoms with E-state index in [1.807, 2.05) is 57.2 Å². The lowest BCUT2D eigenvalue weighted by Crippen LogP contribution is -2.52. The van der Waals surface area contributed by atoms with E-state index in [0.29, 0.717) is 5.69 Å². The van der Waals surface area contributed by atoms with Gasteiger partial charge in [0.25, 0.3) is 10.0 Å². The first-order valence-corrected chi connectivity index (χ1v) is 15.2. The summed E-state index contributed by atoms with van der Waals surface area (Å²) in [5, 5.41) is 2.96. The first kappa shape index (κ1) is 30.9. The number of anilines is 1. The number of benzene rings is 3. The van der Waals surface area contributed by atoms with E-state index in [1.165, 1.54) is 17.0 Å². The second kappa shape index (κ2) is 13.6. The minimum atomic E-state index is -4.08. The maximum absolute atomic E-state index is 14.0. The number of nitrogens with one attached hydrogen (secondary N) is 1. The molecule has 3 rings (SSSR count). The minimum Gasteiger partial charge on any atom is -0.352 e. The highest BCUT2D eigenvalue weighted by atomic mass is 32.2. The van der Waals surface area contributed by atoms with Crippen LogP contribution in [0.1, 0.15) is 63.6 Å². The molecule has 0 aliphatic rings. The average Bonchev–Trinajstić information content (AvgIpc) is 2.94. The highest BCUT2D eigenvalue weighted by Crippen LogP contribution is 2.26. The van der Waals surface area contributed by atoms with Gasteiger partial charge in [0.2, 0.25) is 11.8 Å². The maximum Gasteiger partial charge on any atom is 0.264 e. The largest absolute Gasteiger partial charge is 0.352 e. The van der Waals surface area contributed by atoms with Gasteiger partial charge in [0.05, 0.1) is 10.6 Å². The van der Waals surface area contributed by atoms with Crippen molar-refractivity contribution in [2.75, 3.05) is 10.8 Å². The molecular formula is C32H41N3O4S. The predicted octanol–water partition coefficient (Wildman–Crippen LogP) is 5.65. The average molecular weight is 564 g/mol. The third kappa shape index (κ3) is 7.72. The molecule has 0 saturated carbocycles. The lowest BCUT2D eigenvalue weighted by atomic mass is 10.0. The number of rotatable bonds is 12. The Kier molecular flexibility index (Phi) is 10.5. The minimum absolute atomic E-state index is 0.0553. The van der Waals surface area contributed by atoms with Crippen molar-refractivity contribution in [3.8, 4) is 0 Å². The number of carbonyl (C=O) groups excluding carboxylic acids is 2. The van der Waals surface area contributed by atoms with E-state index in [-0.39, 0.29) is 29.3 Å². The number of amides is 2. The second-order valence-electron chi connectivity index (χ2n) is 10.6. The molecule has 0 fully saturated rings. The van der Waals surface area contributed by atoms with Crippen LogP contribution in [0.4, 0.5) is 5.69 Å². The molecule has 214 valence electrons. The van der Waals surface area contributed by atoms with Gasteiger partial charge in [-0.15, -0.1) is 0 Å². The van der Waals surface area contributed by atoms with E-state index in [2.05, 4.69) is 19.2 Å². The van der Waals surface area contributed by atoms with E-state index in [4.69, 9.17) is 0 Å². The Morgan fingerprint density at radius 2 is 1.52 bits per heavy atom. The number of hydrogen-bond donors (Lipinski definition) is 1. The number of hydrogen-bond acceptors (Lipinski definition) is 4. The van der Waals surface area contributed by atoms with E-state index in [9.17, 15) is 18.0 Å². The van der Waals surface area contributed by atoms with Gasteiger partial charge in [0.1, 0.15) is 12.6 Å². The molecule has 2 atom stereocenters. The third-order valence-corrected chi connectivity index (χ3v) is 8.85. The molecule has 8 heteroatoms. The highest BCUT2D eigenvalue weighted by molar-refractivity contribution is 7.92. The van der Waals surface area contributed by atoms with Crippen LogP contribution >= 0.6 is 0 Å². The normalized spacial score (nSPS) is 13.0. The summed E-state index contributed by atoms with van der Waals surface area (Å²) in [6, 6.07) is 22.2. The van der Waals surface area contributed by atoms with Crippen LogP contribution in [-0.2, 0) is 26.2 Å². The summed E-state index contributed by atoms with van der Waals surface area (Å²) in [4.78, 5) is 28.7. The van der Waals surface area contributed by atoms with Gasteiger partial charge in [-0.2, -0.15) is 0 Å². The SMILES string of the molecule is CC[C@H](C)NC(=O)[C@@H](C)N(Cc1cccc(C)c1)C(=O)CN(c1ccc(C(C)C)cc1)S(=O)(=O)c1ccccc1. The van der Waals surface area contributed by atoms with Crippen LogP contribution < -0.4 is 9.62 Å². The van der Waals surface area contributed by atoms with Gasteiger partial charge in [0.15, 0.2) is 0 Å². The Bertz CT molecular complexity index is 1390. The molecule has 0 saturated heterocycles. The predicted molar refractivity (Wildman–Crippen MR) is 161 cm³/mol. The van der Waals surface area contributed by atoms with Gasteiger partial charge >= 0.3 is 0 Å². The molecule has 0 spiro atoms. The fourth-order valence-corrected chi connectivity index (χ4v) is 5.76. The summed E-state index contributed by atoms with van der Waals surface area (Å²) in [5.41, 5.74) is 3.33. The van der Waals surface area contributed by atoms with Crippen LogP contribution in [0.5, 0.6) is 0 Å². The van der Waals surface area contributed by atoms with Crippen LogP contribution in [0.15, 0.2) is 83.8 Å². The molecule has 0 bridgehead atoms. The molecule has 3 aromatic carbocycles. The zero-order chi connectivity index (χ0) is 29.4. The second-order valence-corrected chi connectivity index (χ2v) is 12.4. The van der Waals surface area contributed by atoms with Gasteiger partial charge in [-0.1, -0.05) is 80.9 Å². The van der Waals surface area contributed by atoms with Crippen LogP contribution in [0.25, 0.3) is 0 Å². The maximum atomic E-state index is 14.0. The van der Waals surface area contributed by atoms with E-state index < -0.39 is 28.5 Å². The van der Waals surface area contributed by atoms with Crippen molar-refractivity contribution in [2.24, 2.45) is 0 Å². The molecule has 2 amide bonds. The molecule has 1 N–H and O–H groups in total. The van der Waals surface area contributed by atoms with Crippen LogP contribution in [0.3, 0.4) is 0 Å². The quantitative estimate of drug-likeness (QED) is 0.309. The Hall–Kier alpha value is -3.65. The van der Waals surface area contributed by atoms with Crippen LogP contribution in [-0.4, -0.2) is 43.8 Å². The van der Waals surface area contributed by atoms with E-state index >= 15 is 0 Å². The monoisotopic (exact) mass is 563 g/mol. The number of nitrogens with zero attached hydrogens (tertiary/aromatic N) is 2. The molecular weight excluding hydrogens is 522 g/mol. The lowest BCUT2D eigenvalue weighted by molar-refractivity contribution is -0.139. The lowest BCUT2D eigenvalue weighted by Gasteiger charge is -2.32. The Morgan fingerprint density at radius 1 is 0.875 bits per heavy atom. The molecule has 0 aliphatic carbocycles. The first-order chi connectivity index (χ1) is 18.9. The van der Waals surface area contributed by atoms with Crippen LogP contribution in [0, 0.1) is 6.92 Å². The molecule has 0 radical (unpaired) electrons. The van der Waals surface area contributed by atoms with E-state index in [1.54, 1.807) is 37.3 Å². The summed E-state index contributed by atoms with van der Waals surface area (Å²) < 4.78 is 28.9. The zero-order valence-corrected chi connectivity index (χ0v) is 25.1. The van der Waals surface area contributed by atoms with Gasteiger partial charge < -0.3 is 10.2 Å². The summed E-state index contributed by atoms with van der Waals surface area (Å²) >= 11 is 0. The topological polar surface area (TPSA) is 86.8 Å². The third-order valence-electron chi connectivity index (χ3n) is 7.06. The molecule has 0 aliphatic heterocycles. The Balaban J connectivity index is 2.03. The van der Waals surface area contributed by atoms with Gasteiger partial charge in [-0.25, -0.2) is 8.42 Å². The molecule has 0 heterocycles. The number of sulfonamides is 1. The number of carbonyl (C=O) groups is 2. The summed E-state index contributed by atoms with van der Waals surface area (Å²) in [5.74, 6) is -0.487. The standard InChI is InChI=1S/C32H41N3O4S/c1-7-25(5)33-32(37)26(6)34(21-27-13-11-12-24(4)20-27)31(36)22-35(29-18-16-28(17-19-29)23(2)3)40(38,39)30-14-9-8-10-15-30/h8-20,23,25-26H,7,21-22H2,1-6H3,(H,33,37)/t25-,26+/m0/s1. The summed E-state index contributed by atoms with van der Waals surface area (Å²) in [6.45, 7) is 11.4. The van der Waals surface area contributed by atoms with Gasteiger partial charge in [-0.3, -0.25) is 13.9 Å². The van der Waals surface area contributed by atoms with Crippen molar-refractivity contribution in [1.82, 2.24) is 10.2 Å². The van der Waals surface area contributed by atoms with Crippen molar-refractivity contribution < 1.29 is 18.0 Å². The molecule has 0 unspecified atom stereocenters. The molecule has 3 aromatic rings. The van der Waals surface area contributed by atoms with E-state index in [0.717, 1.165) is 27.4 Å². The highest BCUT2D eigenvalue weighted by Gasteiger charge is 2.32. The van der Waals surface area contributed by atoms with Crippen LogP contribution in [0.2, 0.25) is 0 Å². The number of aryl methyl sites for hydroxylation is 1.